The molecule has 0 amide bonds. The molecule has 20 heavy (non-hydrogen) atoms. The third-order valence-electron chi connectivity index (χ3n) is 3.50. The second-order valence-electron chi connectivity index (χ2n) is 4.91. The van der Waals surface area contributed by atoms with Crippen LogP contribution in [0.4, 0.5) is 5.69 Å². The molecule has 1 aliphatic heterocycles. The van der Waals surface area contributed by atoms with Crippen molar-refractivity contribution in [3.63, 3.8) is 0 Å². The number of fused-ring (bicyclic) bond motifs is 1. The Labute approximate surface area is 128 Å². The van der Waals surface area contributed by atoms with Gasteiger partial charge in [-0.1, -0.05) is 41.4 Å². The second kappa shape index (κ2) is 5.94. The summed E-state index contributed by atoms with van der Waals surface area (Å²) < 4.78 is 5.67. The molecule has 0 aromatic heterocycles. The molecule has 0 saturated carbocycles. The average molecular weight is 308 g/mol. The predicted molar refractivity (Wildman–Crippen MR) is 84.2 cm³/mol. The Hall–Kier alpha value is -1.38. The van der Waals surface area contributed by atoms with E-state index in [2.05, 4.69) is 17.4 Å². The number of para-hydroxylation sites is 1. The summed E-state index contributed by atoms with van der Waals surface area (Å²) in [5.74, 6) is 1.44. The zero-order chi connectivity index (χ0) is 13.9. The molecule has 0 aliphatic carbocycles. The Balaban J connectivity index is 1.73. The van der Waals surface area contributed by atoms with E-state index >= 15 is 0 Å². The SMILES string of the molecule is Clc1cc(Cl)cc(NCC2CCOc3ccccc32)c1. The Morgan fingerprint density at radius 2 is 1.85 bits per heavy atom. The summed E-state index contributed by atoms with van der Waals surface area (Å²) >= 11 is 12.0. The largest absolute Gasteiger partial charge is 0.493 e. The summed E-state index contributed by atoms with van der Waals surface area (Å²) in [7, 11) is 0. The fourth-order valence-corrected chi connectivity index (χ4v) is 3.05. The van der Waals surface area contributed by atoms with Crippen molar-refractivity contribution < 1.29 is 4.74 Å². The van der Waals surface area contributed by atoms with Crippen LogP contribution in [-0.2, 0) is 0 Å². The summed E-state index contributed by atoms with van der Waals surface area (Å²) in [6.07, 6.45) is 1.01. The highest BCUT2D eigenvalue weighted by molar-refractivity contribution is 6.35. The maximum Gasteiger partial charge on any atom is 0.122 e. The molecule has 1 atom stereocenters. The zero-order valence-corrected chi connectivity index (χ0v) is 12.4. The number of benzene rings is 2. The van der Waals surface area contributed by atoms with Crippen molar-refractivity contribution in [2.45, 2.75) is 12.3 Å². The Morgan fingerprint density at radius 3 is 2.65 bits per heavy atom. The average Bonchev–Trinajstić information content (AvgIpc) is 2.44. The minimum Gasteiger partial charge on any atom is -0.493 e. The lowest BCUT2D eigenvalue weighted by molar-refractivity contribution is 0.270. The number of rotatable bonds is 3. The number of halogens is 2. The van der Waals surface area contributed by atoms with E-state index in [4.69, 9.17) is 27.9 Å². The number of nitrogens with one attached hydrogen (secondary N) is 1. The molecule has 2 aromatic rings. The van der Waals surface area contributed by atoms with Gasteiger partial charge in [0, 0.05) is 28.2 Å². The van der Waals surface area contributed by atoms with Crippen LogP contribution in [0.2, 0.25) is 10.0 Å². The van der Waals surface area contributed by atoms with E-state index in [1.54, 1.807) is 6.07 Å². The van der Waals surface area contributed by atoms with Gasteiger partial charge in [0.15, 0.2) is 0 Å². The van der Waals surface area contributed by atoms with Crippen LogP contribution < -0.4 is 10.1 Å². The van der Waals surface area contributed by atoms with E-state index in [1.807, 2.05) is 24.3 Å². The monoisotopic (exact) mass is 307 g/mol. The molecule has 1 N–H and O–H groups in total. The van der Waals surface area contributed by atoms with Gasteiger partial charge in [-0.2, -0.15) is 0 Å². The molecule has 4 heteroatoms. The molecule has 2 aromatic carbocycles. The van der Waals surface area contributed by atoms with Crippen LogP contribution in [0.5, 0.6) is 5.75 Å². The highest BCUT2D eigenvalue weighted by Crippen LogP contribution is 2.33. The van der Waals surface area contributed by atoms with Gasteiger partial charge < -0.3 is 10.1 Å². The van der Waals surface area contributed by atoms with Crippen molar-refractivity contribution >= 4 is 28.9 Å². The molecule has 3 rings (SSSR count). The normalized spacial score (nSPS) is 17.2. The van der Waals surface area contributed by atoms with E-state index in [9.17, 15) is 0 Å². The quantitative estimate of drug-likeness (QED) is 0.864. The fourth-order valence-electron chi connectivity index (χ4n) is 2.52. The summed E-state index contributed by atoms with van der Waals surface area (Å²) in [4.78, 5) is 0. The fraction of sp³-hybridized carbons (Fsp3) is 0.250. The van der Waals surface area contributed by atoms with Crippen molar-refractivity contribution in [1.29, 1.82) is 0 Å². The van der Waals surface area contributed by atoms with Crippen molar-refractivity contribution in [2.75, 3.05) is 18.5 Å². The Morgan fingerprint density at radius 1 is 1.10 bits per heavy atom. The molecule has 0 radical (unpaired) electrons. The van der Waals surface area contributed by atoms with Crippen molar-refractivity contribution in [1.82, 2.24) is 0 Å². The Kier molecular flexibility index (Phi) is 4.04. The number of hydrogen-bond acceptors (Lipinski definition) is 2. The minimum atomic E-state index is 0.442. The van der Waals surface area contributed by atoms with Gasteiger partial charge in [-0.05, 0) is 36.2 Å². The third kappa shape index (κ3) is 3.02. The molecule has 1 heterocycles. The van der Waals surface area contributed by atoms with Gasteiger partial charge in [0.1, 0.15) is 5.75 Å². The molecular weight excluding hydrogens is 293 g/mol. The van der Waals surface area contributed by atoms with Crippen LogP contribution in [0.3, 0.4) is 0 Å². The summed E-state index contributed by atoms with van der Waals surface area (Å²) in [6.45, 7) is 1.61. The van der Waals surface area contributed by atoms with Crippen LogP contribution in [0, 0.1) is 0 Å². The highest BCUT2D eigenvalue weighted by atomic mass is 35.5. The number of anilines is 1. The first-order valence-corrected chi connectivity index (χ1v) is 7.39. The zero-order valence-electron chi connectivity index (χ0n) is 10.9. The lowest BCUT2D eigenvalue weighted by atomic mass is 9.93. The van der Waals surface area contributed by atoms with Crippen LogP contribution in [0.1, 0.15) is 17.9 Å². The van der Waals surface area contributed by atoms with E-state index < -0.39 is 0 Å². The third-order valence-corrected chi connectivity index (χ3v) is 3.93. The van der Waals surface area contributed by atoms with Gasteiger partial charge >= 0.3 is 0 Å². The van der Waals surface area contributed by atoms with Gasteiger partial charge in [0.05, 0.1) is 6.61 Å². The highest BCUT2D eigenvalue weighted by Gasteiger charge is 2.20. The first-order valence-electron chi connectivity index (χ1n) is 6.64. The van der Waals surface area contributed by atoms with Crippen molar-refractivity contribution in [3.8, 4) is 5.75 Å². The van der Waals surface area contributed by atoms with Gasteiger partial charge in [-0.3, -0.25) is 0 Å². The molecule has 1 aliphatic rings. The van der Waals surface area contributed by atoms with Gasteiger partial charge in [-0.15, -0.1) is 0 Å². The van der Waals surface area contributed by atoms with Gasteiger partial charge in [0.25, 0.3) is 0 Å². The van der Waals surface area contributed by atoms with Crippen LogP contribution in [0.15, 0.2) is 42.5 Å². The lowest BCUT2D eigenvalue weighted by Crippen LogP contribution is -2.20. The number of hydrogen-bond donors (Lipinski definition) is 1. The van der Waals surface area contributed by atoms with E-state index in [0.29, 0.717) is 16.0 Å². The van der Waals surface area contributed by atoms with Crippen molar-refractivity contribution in [2.24, 2.45) is 0 Å². The van der Waals surface area contributed by atoms with Crippen molar-refractivity contribution in [3.05, 3.63) is 58.1 Å². The van der Waals surface area contributed by atoms with Crippen LogP contribution in [-0.4, -0.2) is 13.2 Å². The smallest absolute Gasteiger partial charge is 0.122 e. The van der Waals surface area contributed by atoms with E-state index in [-0.39, 0.29) is 0 Å². The maximum absolute atomic E-state index is 6.01. The summed E-state index contributed by atoms with van der Waals surface area (Å²) in [6, 6.07) is 13.7. The molecule has 0 saturated heterocycles. The summed E-state index contributed by atoms with van der Waals surface area (Å²) in [5, 5.41) is 4.70. The molecule has 2 nitrogen and oxygen atoms in total. The summed E-state index contributed by atoms with van der Waals surface area (Å²) in [5.41, 5.74) is 2.21. The van der Waals surface area contributed by atoms with Crippen LogP contribution >= 0.6 is 23.2 Å². The Bertz CT molecular complexity index is 595. The van der Waals surface area contributed by atoms with E-state index in [1.165, 1.54) is 5.56 Å². The maximum atomic E-state index is 6.01. The standard InChI is InChI=1S/C16H15Cl2NO/c17-12-7-13(18)9-14(8-12)19-10-11-5-6-20-16-4-2-1-3-15(11)16/h1-4,7-9,11,19H,5-6,10H2. The number of ether oxygens (including phenoxy) is 1. The van der Waals surface area contributed by atoms with E-state index in [0.717, 1.165) is 31.0 Å². The van der Waals surface area contributed by atoms with Gasteiger partial charge in [0.2, 0.25) is 0 Å². The molecule has 0 bridgehead atoms. The first kappa shape index (κ1) is 13.6. The molecule has 0 fully saturated rings. The topological polar surface area (TPSA) is 21.3 Å². The lowest BCUT2D eigenvalue weighted by Gasteiger charge is -2.26. The molecular formula is C16H15Cl2NO. The first-order chi connectivity index (χ1) is 9.72. The second-order valence-corrected chi connectivity index (χ2v) is 5.78. The van der Waals surface area contributed by atoms with Crippen LogP contribution in [0.25, 0.3) is 0 Å². The molecule has 104 valence electrons. The minimum absolute atomic E-state index is 0.442. The van der Waals surface area contributed by atoms with Gasteiger partial charge in [-0.25, -0.2) is 0 Å². The molecule has 1 unspecified atom stereocenters. The predicted octanol–water partition coefficient (Wildman–Crippen LogP) is 4.97. The molecule has 0 spiro atoms.